The first-order valence-corrected chi connectivity index (χ1v) is 6.77. The van der Waals surface area contributed by atoms with E-state index in [4.69, 9.17) is 22.1 Å². The fourth-order valence-electron chi connectivity index (χ4n) is 3.36. The zero-order valence-corrected chi connectivity index (χ0v) is 10.6. The van der Waals surface area contributed by atoms with Gasteiger partial charge in [0.15, 0.2) is 0 Å². The Kier molecular flexibility index (Phi) is 2.80. The van der Waals surface area contributed by atoms with Gasteiger partial charge in [-0.25, -0.2) is 0 Å². The Bertz CT molecular complexity index is 414. The summed E-state index contributed by atoms with van der Waals surface area (Å²) in [5.41, 5.74) is 6.42. The smallest absolute Gasteiger partial charge is 0.138 e. The third-order valence-corrected chi connectivity index (χ3v) is 4.80. The Hall–Kier alpha value is -0.730. The van der Waals surface area contributed by atoms with E-state index >= 15 is 0 Å². The molecule has 1 spiro atoms. The molecular weight excluding hydrogens is 234 g/mol. The lowest BCUT2D eigenvalue weighted by atomic mass is 9.61. The Labute approximate surface area is 107 Å². The van der Waals surface area contributed by atoms with Crippen LogP contribution in [0.2, 0.25) is 5.02 Å². The highest BCUT2D eigenvalue weighted by molar-refractivity contribution is 6.32. The van der Waals surface area contributed by atoms with Crippen molar-refractivity contribution in [2.45, 2.75) is 44.2 Å². The number of hydrogen-bond acceptors (Lipinski definition) is 2. The van der Waals surface area contributed by atoms with Crippen molar-refractivity contribution in [3.05, 3.63) is 29.3 Å². The van der Waals surface area contributed by atoms with Gasteiger partial charge in [-0.1, -0.05) is 36.6 Å². The zero-order chi connectivity index (χ0) is 11.9. The van der Waals surface area contributed by atoms with E-state index in [0.717, 1.165) is 12.2 Å². The molecule has 0 bridgehead atoms. The second-order valence-electron chi connectivity index (χ2n) is 5.32. The zero-order valence-electron chi connectivity index (χ0n) is 9.86. The van der Waals surface area contributed by atoms with Gasteiger partial charge in [0, 0.05) is 17.9 Å². The predicted molar refractivity (Wildman–Crippen MR) is 69.4 cm³/mol. The van der Waals surface area contributed by atoms with Crippen molar-refractivity contribution >= 4 is 11.6 Å². The fourth-order valence-corrected chi connectivity index (χ4v) is 3.54. The van der Waals surface area contributed by atoms with Crippen LogP contribution in [-0.4, -0.2) is 12.1 Å². The molecule has 0 aromatic heterocycles. The standard InChI is InChI=1S/C14H18ClNO/c15-10-5-1-2-6-11(10)17-13-9-12(16)14(13)7-3-4-8-14/h1-2,5-6,12-13H,3-4,7-9,16H2. The van der Waals surface area contributed by atoms with Crippen LogP contribution < -0.4 is 10.5 Å². The fraction of sp³-hybridized carbons (Fsp3) is 0.571. The number of ether oxygens (including phenoxy) is 1. The van der Waals surface area contributed by atoms with Crippen molar-refractivity contribution in [1.29, 1.82) is 0 Å². The van der Waals surface area contributed by atoms with Gasteiger partial charge in [0.1, 0.15) is 11.9 Å². The molecule has 3 heteroatoms. The first kappa shape index (κ1) is 11.4. The maximum absolute atomic E-state index is 6.19. The van der Waals surface area contributed by atoms with Gasteiger partial charge in [-0.05, 0) is 25.0 Å². The van der Waals surface area contributed by atoms with Crippen molar-refractivity contribution in [2.24, 2.45) is 11.1 Å². The molecule has 0 aliphatic heterocycles. The number of hydrogen-bond donors (Lipinski definition) is 1. The summed E-state index contributed by atoms with van der Waals surface area (Å²) in [6.07, 6.45) is 6.23. The Morgan fingerprint density at radius 1 is 1.24 bits per heavy atom. The molecule has 2 unspecified atom stereocenters. The molecule has 3 rings (SSSR count). The maximum Gasteiger partial charge on any atom is 0.138 e. The molecular formula is C14H18ClNO. The van der Waals surface area contributed by atoms with Gasteiger partial charge in [0.25, 0.3) is 0 Å². The molecule has 17 heavy (non-hydrogen) atoms. The van der Waals surface area contributed by atoms with Gasteiger partial charge in [-0.3, -0.25) is 0 Å². The molecule has 2 saturated carbocycles. The third-order valence-electron chi connectivity index (χ3n) is 4.49. The first-order chi connectivity index (χ1) is 8.22. The van der Waals surface area contributed by atoms with Crippen molar-refractivity contribution in [2.75, 3.05) is 0 Å². The van der Waals surface area contributed by atoms with E-state index in [0.29, 0.717) is 11.1 Å². The lowest BCUT2D eigenvalue weighted by molar-refractivity contribution is -0.0619. The average molecular weight is 252 g/mol. The summed E-state index contributed by atoms with van der Waals surface area (Å²) in [4.78, 5) is 0. The Balaban J connectivity index is 1.77. The minimum Gasteiger partial charge on any atom is -0.488 e. The van der Waals surface area contributed by atoms with E-state index < -0.39 is 0 Å². The van der Waals surface area contributed by atoms with Crippen LogP contribution in [0.3, 0.4) is 0 Å². The normalized spacial score (nSPS) is 30.2. The number of nitrogens with two attached hydrogens (primary N) is 1. The molecule has 92 valence electrons. The van der Waals surface area contributed by atoms with E-state index in [1.54, 1.807) is 0 Å². The number of benzene rings is 1. The third kappa shape index (κ3) is 1.74. The summed E-state index contributed by atoms with van der Waals surface area (Å²) >= 11 is 6.12. The second-order valence-corrected chi connectivity index (χ2v) is 5.73. The van der Waals surface area contributed by atoms with Gasteiger partial charge in [-0.15, -0.1) is 0 Å². The summed E-state index contributed by atoms with van der Waals surface area (Å²) in [5, 5.41) is 0.695. The van der Waals surface area contributed by atoms with E-state index in [1.165, 1.54) is 25.7 Å². The lowest BCUT2D eigenvalue weighted by Crippen LogP contribution is -2.62. The van der Waals surface area contributed by atoms with Crippen LogP contribution >= 0.6 is 11.6 Å². The minimum atomic E-state index is 0.235. The number of halogens is 1. The summed E-state index contributed by atoms with van der Waals surface area (Å²) in [5.74, 6) is 0.803. The van der Waals surface area contributed by atoms with Crippen LogP contribution in [0, 0.1) is 5.41 Å². The topological polar surface area (TPSA) is 35.2 Å². The first-order valence-electron chi connectivity index (χ1n) is 6.39. The summed E-state index contributed by atoms with van der Waals surface area (Å²) < 4.78 is 6.08. The van der Waals surface area contributed by atoms with Gasteiger partial charge < -0.3 is 10.5 Å². The van der Waals surface area contributed by atoms with E-state index in [-0.39, 0.29) is 11.5 Å². The minimum absolute atomic E-state index is 0.235. The highest BCUT2D eigenvalue weighted by atomic mass is 35.5. The van der Waals surface area contributed by atoms with Crippen LogP contribution in [0.1, 0.15) is 32.1 Å². The molecule has 2 N–H and O–H groups in total. The predicted octanol–water partition coefficient (Wildman–Crippen LogP) is 3.38. The van der Waals surface area contributed by atoms with Crippen molar-refractivity contribution in [3.63, 3.8) is 0 Å². The van der Waals surface area contributed by atoms with Gasteiger partial charge in [0.05, 0.1) is 5.02 Å². The monoisotopic (exact) mass is 251 g/mol. The van der Waals surface area contributed by atoms with E-state index in [1.807, 2.05) is 24.3 Å². The molecule has 0 radical (unpaired) electrons. The Morgan fingerprint density at radius 3 is 2.59 bits per heavy atom. The number of rotatable bonds is 2. The van der Waals surface area contributed by atoms with Crippen LogP contribution in [0.4, 0.5) is 0 Å². The largest absolute Gasteiger partial charge is 0.488 e. The van der Waals surface area contributed by atoms with Crippen molar-refractivity contribution in [3.8, 4) is 5.75 Å². The molecule has 2 fully saturated rings. The molecule has 2 atom stereocenters. The molecule has 2 aliphatic carbocycles. The lowest BCUT2D eigenvalue weighted by Gasteiger charge is -2.52. The van der Waals surface area contributed by atoms with E-state index in [2.05, 4.69) is 0 Å². The van der Waals surface area contributed by atoms with Crippen molar-refractivity contribution in [1.82, 2.24) is 0 Å². The van der Waals surface area contributed by atoms with Gasteiger partial charge in [0.2, 0.25) is 0 Å². The van der Waals surface area contributed by atoms with Gasteiger partial charge in [-0.2, -0.15) is 0 Å². The Morgan fingerprint density at radius 2 is 1.94 bits per heavy atom. The van der Waals surface area contributed by atoms with Crippen LogP contribution in [-0.2, 0) is 0 Å². The van der Waals surface area contributed by atoms with Crippen LogP contribution in [0.5, 0.6) is 5.75 Å². The van der Waals surface area contributed by atoms with Crippen LogP contribution in [0.15, 0.2) is 24.3 Å². The van der Waals surface area contributed by atoms with Crippen molar-refractivity contribution < 1.29 is 4.74 Å². The highest BCUT2D eigenvalue weighted by Gasteiger charge is 2.56. The molecule has 0 heterocycles. The summed E-state index contributed by atoms with van der Waals surface area (Å²) in [6, 6.07) is 8.01. The molecule has 0 saturated heterocycles. The molecule has 2 nitrogen and oxygen atoms in total. The molecule has 1 aromatic rings. The maximum atomic E-state index is 6.19. The summed E-state index contributed by atoms with van der Waals surface area (Å²) in [7, 11) is 0. The van der Waals surface area contributed by atoms with Crippen LogP contribution in [0.25, 0.3) is 0 Å². The average Bonchev–Trinajstić information content (AvgIpc) is 2.83. The molecule has 2 aliphatic rings. The second kappa shape index (κ2) is 4.18. The SMILES string of the molecule is NC1CC(Oc2ccccc2Cl)C12CCCC2. The molecule has 1 aromatic carbocycles. The highest BCUT2D eigenvalue weighted by Crippen LogP contribution is 2.54. The quantitative estimate of drug-likeness (QED) is 0.875. The van der Waals surface area contributed by atoms with Gasteiger partial charge >= 0.3 is 0 Å². The molecule has 0 amide bonds. The summed E-state index contributed by atoms with van der Waals surface area (Å²) in [6.45, 7) is 0. The number of para-hydroxylation sites is 1. The van der Waals surface area contributed by atoms with E-state index in [9.17, 15) is 0 Å².